The summed E-state index contributed by atoms with van der Waals surface area (Å²) in [6.45, 7) is 0.717. The van der Waals surface area contributed by atoms with Crippen molar-refractivity contribution < 1.29 is 0 Å². The van der Waals surface area contributed by atoms with E-state index in [9.17, 15) is 0 Å². The van der Waals surface area contributed by atoms with Gasteiger partial charge in [-0.25, -0.2) is 4.99 Å². The zero-order valence-electron chi connectivity index (χ0n) is 27.7. The first kappa shape index (κ1) is 28.0. The van der Waals surface area contributed by atoms with Crippen LogP contribution in [0.25, 0.3) is 71.5 Å². The van der Waals surface area contributed by atoms with Crippen LogP contribution in [0.3, 0.4) is 0 Å². The van der Waals surface area contributed by atoms with E-state index in [2.05, 4.69) is 195 Å². The third-order valence-corrected chi connectivity index (χ3v) is 10.5. The van der Waals surface area contributed by atoms with Crippen molar-refractivity contribution in [3.8, 4) is 11.4 Å². The Balaban J connectivity index is 1.19. The minimum Gasteiger partial charge on any atom is -0.316 e. The molecule has 0 fully saturated rings. The fourth-order valence-corrected chi connectivity index (χ4v) is 8.36. The molecule has 0 N–H and O–H groups in total. The zero-order valence-corrected chi connectivity index (χ0v) is 27.7. The predicted octanol–water partition coefficient (Wildman–Crippen LogP) is 10.8. The van der Waals surface area contributed by atoms with Gasteiger partial charge in [-0.3, -0.25) is 4.57 Å². The number of allylic oxidation sites excluding steroid dienone is 3. The number of para-hydroxylation sites is 5. The normalized spacial score (nSPS) is 14.4. The van der Waals surface area contributed by atoms with Gasteiger partial charge >= 0.3 is 0 Å². The second kappa shape index (κ2) is 10.8. The lowest BCUT2D eigenvalue weighted by molar-refractivity contribution is 0.562. The first-order chi connectivity index (χ1) is 25.3. The highest BCUT2D eigenvalue weighted by Crippen LogP contribution is 2.42. The summed E-state index contributed by atoms with van der Waals surface area (Å²) in [5.74, 6) is 0.899. The molecule has 9 aromatic rings. The van der Waals surface area contributed by atoms with Crippen LogP contribution in [-0.2, 0) is 0 Å². The monoisotopic (exact) mass is 653 g/mol. The SMILES string of the molecule is C1=CCN2C(=C1)C(c1cccc3c4ccccc4n(-c4ccccc4)c13)=CN=C2n1c2ccccc2c2ccc3c(ccn3-c3ccccc3)c21. The van der Waals surface area contributed by atoms with E-state index in [-0.39, 0.29) is 0 Å². The van der Waals surface area contributed by atoms with E-state index < -0.39 is 0 Å². The Hall–Kier alpha value is -6.85. The molecule has 0 atom stereocenters. The number of rotatable bonds is 3. The van der Waals surface area contributed by atoms with E-state index in [0.717, 1.165) is 39.7 Å². The van der Waals surface area contributed by atoms with Crippen molar-refractivity contribution in [2.75, 3.05) is 6.54 Å². The maximum absolute atomic E-state index is 5.40. The molecule has 5 heterocycles. The van der Waals surface area contributed by atoms with Crippen molar-refractivity contribution in [1.29, 1.82) is 0 Å². The van der Waals surface area contributed by atoms with Crippen molar-refractivity contribution in [2.24, 2.45) is 4.99 Å². The molecule has 2 aliphatic heterocycles. The molecule has 6 aromatic carbocycles. The van der Waals surface area contributed by atoms with E-state index in [1.165, 1.54) is 49.0 Å². The molecule has 3 aromatic heterocycles. The maximum Gasteiger partial charge on any atom is 0.215 e. The molecule has 0 radical (unpaired) electrons. The number of aliphatic imine (C=N–C) groups is 1. The summed E-state index contributed by atoms with van der Waals surface area (Å²) in [7, 11) is 0. The Kier molecular flexibility index (Phi) is 5.95. The van der Waals surface area contributed by atoms with Crippen LogP contribution in [0.15, 0.2) is 187 Å². The van der Waals surface area contributed by atoms with Gasteiger partial charge in [-0.15, -0.1) is 0 Å². The predicted molar refractivity (Wildman–Crippen MR) is 212 cm³/mol. The minimum atomic E-state index is 0.717. The molecule has 0 aliphatic carbocycles. The summed E-state index contributed by atoms with van der Waals surface area (Å²) in [5.41, 5.74) is 11.5. The Morgan fingerprint density at radius 3 is 1.94 bits per heavy atom. The van der Waals surface area contributed by atoms with Gasteiger partial charge in [-0.1, -0.05) is 109 Å². The van der Waals surface area contributed by atoms with Gasteiger partial charge in [-0.05, 0) is 54.6 Å². The number of aromatic nitrogens is 3. The van der Waals surface area contributed by atoms with Crippen LogP contribution in [0.5, 0.6) is 0 Å². The van der Waals surface area contributed by atoms with Crippen molar-refractivity contribution in [3.63, 3.8) is 0 Å². The van der Waals surface area contributed by atoms with Gasteiger partial charge in [0.25, 0.3) is 0 Å². The summed E-state index contributed by atoms with van der Waals surface area (Å²) in [5, 5.41) is 6.10. The second-order valence-electron chi connectivity index (χ2n) is 13.2. The van der Waals surface area contributed by atoms with E-state index in [4.69, 9.17) is 4.99 Å². The molecule has 0 saturated carbocycles. The van der Waals surface area contributed by atoms with E-state index in [1.807, 2.05) is 0 Å². The van der Waals surface area contributed by atoms with E-state index in [0.29, 0.717) is 6.54 Å². The Morgan fingerprint density at radius 1 is 0.490 bits per heavy atom. The maximum atomic E-state index is 5.40. The molecule has 0 spiro atoms. The van der Waals surface area contributed by atoms with Crippen LogP contribution in [0.4, 0.5) is 0 Å². The highest BCUT2D eigenvalue weighted by molar-refractivity contribution is 6.22. The van der Waals surface area contributed by atoms with Crippen LogP contribution < -0.4 is 0 Å². The smallest absolute Gasteiger partial charge is 0.215 e. The molecule has 0 unspecified atom stereocenters. The van der Waals surface area contributed by atoms with Crippen LogP contribution in [-0.4, -0.2) is 31.1 Å². The quantitative estimate of drug-likeness (QED) is 0.187. The first-order valence-electron chi connectivity index (χ1n) is 17.4. The molecule has 5 heteroatoms. The van der Waals surface area contributed by atoms with Gasteiger partial charge in [0.1, 0.15) is 0 Å². The molecule has 11 rings (SSSR count). The Morgan fingerprint density at radius 2 is 1.16 bits per heavy atom. The molecule has 5 nitrogen and oxygen atoms in total. The van der Waals surface area contributed by atoms with Crippen LogP contribution in [0, 0.1) is 0 Å². The molecule has 240 valence electrons. The van der Waals surface area contributed by atoms with Gasteiger partial charge in [0.15, 0.2) is 0 Å². The highest BCUT2D eigenvalue weighted by Gasteiger charge is 2.30. The topological polar surface area (TPSA) is 30.4 Å². The zero-order chi connectivity index (χ0) is 33.5. The fourth-order valence-electron chi connectivity index (χ4n) is 8.36. The highest BCUT2D eigenvalue weighted by atomic mass is 15.3. The summed E-state index contributed by atoms with van der Waals surface area (Å²) in [4.78, 5) is 7.78. The molecule has 0 bridgehead atoms. The van der Waals surface area contributed by atoms with Gasteiger partial charge in [-0.2, -0.15) is 0 Å². The molecular formula is C46H31N5. The lowest BCUT2D eigenvalue weighted by Crippen LogP contribution is -2.38. The van der Waals surface area contributed by atoms with E-state index in [1.54, 1.807) is 0 Å². The van der Waals surface area contributed by atoms with Crippen molar-refractivity contribution in [1.82, 2.24) is 18.6 Å². The summed E-state index contributed by atoms with van der Waals surface area (Å²) in [6.07, 6.45) is 10.9. The van der Waals surface area contributed by atoms with Gasteiger partial charge in [0.05, 0.1) is 33.3 Å². The fraction of sp³-hybridized carbons (Fsp3) is 0.0217. The van der Waals surface area contributed by atoms with Crippen molar-refractivity contribution in [2.45, 2.75) is 0 Å². The minimum absolute atomic E-state index is 0.717. The molecule has 0 saturated heterocycles. The standard InChI is InChI=1S/C46H31N5/c1-3-14-31(15-4-1)48-29-27-38-41(48)26-25-37-34-19-8-10-24-43(34)51(45(37)38)46-47-30-39(40-22-11-12-28-49(40)46)36-21-13-20-35-33-18-7-9-23-42(33)50(44(35)36)32-16-5-2-6-17-32/h1-27,29-30H,28H2. The molecule has 2 aliphatic rings. The third-order valence-electron chi connectivity index (χ3n) is 10.5. The number of fused-ring (bicyclic) bond motifs is 9. The van der Waals surface area contributed by atoms with Crippen LogP contribution in [0.1, 0.15) is 5.56 Å². The number of hydrogen-bond donors (Lipinski definition) is 0. The van der Waals surface area contributed by atoms with E-state index >= 15 is 0 Å². The number of nitrogens with zero attached hydrogens (tertiary/aromatic N) is 5. The van der Waals surface area contributed by atoms with Crippen molar-refractivity contribution >= 4 is 66.0 Å². The third kappa shape index (κ3) is 4.00. The number of benzene rings is 6. The average Bonchev–Trinajstić information content (AvgIpc) is 3.89. The Bertz CT molecular complexity index is 2980. The van der Waals surface area contributed by atoms with Gasteiger partial charge in [0, 0.05) is 68.4 Å². The molecule has 0 amide bonds. The van der Waals surface area contributed by atoms with Gasteiger partial charge in [0.2, 0.25) is 5.96 Å². The van der Waals surface area contributed by atoms with Crippen LogP contribution in [0.2, 0.25) is 0 Å². The lowest BCUT2D eigenvalue weighted by atomic mass is 9.97. The summed E-state index contributed by atoms with van der Waals surface area (Å²) >= 11 is 0. The molecule has 51 heavy (non-hydrogen) atoms. The Labute approximate surface area is 294 Å². The summed E-state index contributed by atoms with van der Waals surface area (Å²) in [6, 6.07) is 52.1. The number of hydrogen-bond acceptors (Lipinski definition) is 2. The summed E-state index contributed by atoms with van der Waals surface area (Å²) < 4.78 is 7.06. The second-order valence-corrected chi connectivity index (χ2v) is 13.2. The van der Waals surface area contributed by atoms with Crippen LogP contribution >= 0.6 is 0 Å². The van der Waals surface area contributed by atoms with Crippen molar-refractivity contribution in [3.05, 3.63) is 187 Å². The average molecular weight is 654 g/mol. The molecular weight excluding hydrogens is 623 g/mol. The largest absolute Gasteiger partial charge is 0.316 e. The lowest BCUT2D eigenvalue weighted by Gasteiger charge is -2.34. The first-order valence-corrected chi connectivity index (χ1v) is 17.4. The van der Waals surface area contributed by atoms with Gasteiger partial charge < -0.3 is 14.0 Å².